The van der Waals surface area contributed by atoms with Crippen molar-refractivity contribution in [2.24, 2.45) is 0 Å². The van der Waals surface area contributed by atoms with E-state index in [2.05, 4.69) is 14.8 Å². The molecule has 1 aliphatic rings. The van der Waals surface area contributed by atoms with Gasteiger partial charge in [-0.2, -0.15) is 5.01 Å². The molecule has 1 aromatic rings. The molecular weight excluding hydrogens is 202 g/mol. The highest BCUT2D eigenvalue weighted by atomic mass is 32.2. The average molecular weight is 215 g/mol. The van der Waals surface area contributed by atoms with Crippen LogP contribution in [0.3, 0.4) is 0 Å². The van der Waals surface area contributed by atoms with Crippen LogP contribution in [0.4, 0.5) is 0 Å². The molecule has 6 heteroatoms. The van der Waals surface area contributed by atoms with Gasteiger partial charge in [0.25, 0.3) is 0 Å². The minimum atomic E-state index is -0.344. The lowest BCUT2D eigenvalue weighted by Gasteiger charge is -2.19. The molecule has 1 fully saturated rings. The molecule has 1 aromatic heterocycles. The highest BCUT2D eigenvalue weighted by molar-refractivity contribution is 7.98. The topological polar surface area (TPSA) is 56.2 Å². The summed E-state index contributed by atoms with van der Waals surface area (Å²) in [4.78, 5) is 1.60. The first kappa shape index (κ1) is 9.64. The SMILES string of the molecule is CSc1c([O-])on[n+]1N1CCCCC1. The fourth-order valence-electron chi connectivity index (χ4n) is 1.65. The molecule has 0 unspecified atom stereocenters. The quantitative estimate of drug-likeness (QED) is 0.508. The molecule has 0 aliphatic carbocycles. The van der Waals surface area contributed by atoms with Crippen molar-refractivity contribution in [3.63, 3.8) is 0 Å². The van der Waals surface area contributed by atoms with Crippen LogP contribution >= 0.6 is 11.8 Å². The van der Waals surface area contributed by atoms with E-state index in [0.29, 0.717) is 5.03 Å². The minimum Gasteiger partial charge on any atom is -0.538 e. The Morgan fingerprint density at radius 2 is 2.14 bits per heavy atom. The van der Waals surface area contributed by atoms with Gasteiger partial charge in [0.2, 0.25) is 0 Å². The van der Waals surface area contributed by atoms with Gasteiger partial charge in [-0.1, -0.05) is 11.8 Å². The summed E-state index contributed by atoms with van der Waals surface area (Å²) in [5.74, 6) is -0.344. The molecule has 2 rings (SSSR count). The van der Waals surface area contributed by atoms with Crippen molar-refractivity contribution >= 4 is 11.8 Å². The summed E-state index contributed by atoms with van der Waals surface area (Å²) in [5, 5.41) is 17.6. The molecule has 0 atom stereocenters. The predicted octanol–water partition coefficient (Wildman–Crippen LogP) is -0.121. The van der Waals surface area contributed by atoms with Crippen molar-refractivity contribution in [1.82, 2.24) is 5.27 Å². The second-order valence-electron chi connectivity index (χ2n) is 3.27. The monoisotopic (exact) mass is 215 g/mol. The standard InChI is InChI=1S/C8H13N3O2S/c1-14-7-8(12)13-9-11(7)10-5-3-2-4-6-10/h2-6H2,1H3. The second kappa shape index (κ2) is 4.08. The maximum absolute atomic E-state index is 11.2. The third kappa shape index (κ3) is 1.66. The van der Waals surface area contributed by atoms with Gasteiger partial charge in [0, 0.05) is 0 Å². The van der Waals surface area contributed by atoms with Crippen LogP contribution in [0.15, 0.2) is 9.55 Å². The first-order valence-corrected chi connectivity index (χ1v) is 5.93. The van der Waals surface area contributed by atoms with Crippen LogP contribution in [-0.4, -0.2) is 24.6 Å². The van der Waals surface area contributed by atoms with Gasteiger partial charge in [0.1, 0.15) is 5.27 Å². The molecule has 0 radical (unpaired) electrons. The molecule has 0 amide bonds. The Labute approximate surface area is 86.6 Å². The molecule has 0 aromatic carbocycles. The van der Waals surface area contributed by atoms with Crippen molar-refractivity contribution in [1.29, 1.82) is 0 Å². The molecule has 2 heterocycles. The van der Waals surface area contributed by atoms with E-state index in [-0.39, 0.29) is 5.95 Å². The summed E-state index contributed by atoms with van der Waals surface area (Å²) in [6.07, 6.45) is 5.42. The lowest BCUT2D eigenvalue weighted by Crippen LogP contribution is -2.62. The van der Waals surface area contributed by atoms with Gasteiger partial charge in [0.15, 0.2) is 5.95 Å². The van der Waals surface area contributed by atoms with Crippen LogP contribution in [0.5, 0.6) is 5.95 Å². The molecule has 1 saturated heterocycles. The Morgan fingerprint density at radius 1 is 1.43 bits per heavy atom. The van der Waals surface area contributed by atoms with Crippen LogP contribution in [-0.2, 0) is 0 Å². The third-order valence-electron chi connectivity index (χ3n) is 2.35. The van der Waals surface area contributed by atoms with E-state index in [9.17, 15) is 5.11 Å². The highest BCUT2D eigenvalue weighted by Gasteiger charge is 2.25. The van der Waals surface area contributed by atoms with Crippen LogP contribution in [0, 0.1) is 0 Å². The molecule has 0 saturated carbocycles. The fourth-order valence-corrected chi connectivity index (χ4v) is 2.16. The normalized spacial score (nSPS) is 17.4. The number of thioether (sulfide) groups is 1. The first-order chi connectivity index (χ1) is 6.83. The molecule has 0 N–H and O–H groups in total. The van der Waals surface area contributed by atoms with Crippen LogP contribution in [0.1, 0.15) is 19.3 Å². The zero-order valence-corrected chi connectivity index (χ0v) is 8.92. The summed E-state index contributed by atoms with van der Waals surface area (Å²) in [6, 6.07) is 0. The molecule has 0 spiro atoms. The lowest BCUT2D eigenvalue weighted by atomic mass is 10.2. The number of rotatable bonds is 2. The van der Waals surface area contributed by atoms with E-state index in [1.165, 1.54) is 18.2 Å². The van der Waals surface area contributed by atoms with E-state index in [0.717, 1.165) is 25.9 Å². The van der Waals surface area contributed by atoms with E-state index >= 15 is 0 Å². The van der Waals surface area contributed by atoms with Crippen molar-refractivity contribution in [3.8, 4) is 5.95 Å². The van der Waals surface area contributed by atoms with Gasteiger partial charge in [-0.25, -0.2) is 0 Å². The number of piperidine rings is 1. The Hall–Kier alpha value is -0.910. The maximum atomic E-state index is 11.2. The van der Waals surface area contributed by atoms with Gasteiger partial charge in [-0.15, -0.1) is 0 Å². The van der Waals surface area contributed by atoms with Crippen LogP contribution < -0.4 is 14.9 Å². The maximum Gasteiger partial charge on any atom is 0.324 e. The van der Waals surface area contributed by atoms with Gasteiger partial charge in [-0.3, -0.25) is 0 Å². The smallest absolute Gasteiger partial charge is 0.324 e. The minimum absolute atomic E-state index is 0.344. The zero-order valence-electron chi connectivity index (χ0n) is 8.10. The largest absolute Gasteiger partial charge is 0.538 e. The van der Waals surface area contributed by atoms with Crippen LogP contribution in [0.25, 0.3) is 0 Å². The Morgan fingerprint density at radius 3 is 2.79 bits per heavy atom. The number of hydrogen-bond donors (Lipinski definition) is 0. The van der Waals surface area contributed by atoms with Gasteiger partial charge in [-0.05, 0) is 25.5 Å². The first-order valence-electron chi connectivity index (χ1n) is 4.71. The molecule has 0 bridgehead atoms. The van der Waals surface area contributed by atoms with Crippen molar-refractivity contribution in [2.75, 3.05) is 24.4 Å². The lowest BCUT2D eigenvalue weighted by molar-refractivity contribution is -0.790. The summed E-state index contributed by atoms with van der Waals surface area (Å²) in [7, 11) is 0. The number of nitrogens with zero attached hydrogens (tertiary/aromatic N) is 3. The molecule has 5 nitrogen and oxygen atoms in total. The molecular formula is C8H13N3O2S. The fraction of sp³-hybridized carbons (Fsp3) is 0.750. The summed E-state index contributed by atoms with van der Waals surface area (Å²) < 4.78 is 4.63. The highest BCUT2D eigenvalue weighted by Crippen LogP contribution is 2.19. The second-order valence-corrected chi connectivity index (χ2v) is 4.07. The van der Waals surface area contributed by atoms with E-state index in [1.807, 2.05) is 6.26 Å². The van der Waals surface area contributed by atoms with Crippen molar-refractivity contribution < 1.29 is 14.4 Å². The van der Waals surface area contributed by atoms with Gasteiger partial charge >= 0.3 is 5.03 Å². The zero-order chi connectivity index (χ0) is 9.97. The Balaban J connectivity index is 2.21. The van der Waals surface area contributed by atoms with Gasteiger partial charge < -0.3 is 9.63 Å². The summed E-state index contributed by atoms with van der Waals surface area (Å²) in [6.45, 7) is 1.90. The number of hydrogen-bond acceptors (Lipinski definition) is 5. The summed E-state index contributed by atoms with van der Waals surface area (Å²) >= 11 is 1.37. The Bertz CT molecular complexity index is 310. The van der Waals surface area contributed by atoms with E-state index < -0.39 is 0 Å². The molecule has 1 aliphatic heterocycles. The molecule has 78 valence electrons. The van der Waals surface area contributed by atoms with Gasteiger partial charge in [0.05, 0.1) is 17.9 Å². The Kier molecular flexibility index (Phi) is 2.81. The summed E-state index contributed by atoms with van der Waals surface area (Å²) in [5.41, 5.74) is 0. The third-order valence-corrected chi connectivity index (χ3v) is 3.07. The predicted molar refractivity (Wildman–Crippen MR) is 49.7 cm³/mol. The van der Waals surface area contributed by atoms with Crippen LogP contribution in [0.2, 0.25) is 0 Å². The average Bonchev–Trinajstić information content (AvgIpc) is 2.61. The van der Waals surface area contributed by atoms with Crippen molar-refractivity contribution in [3.05, 3.63) is 0 Å². The molecule has 14 heavy (non-hydrogen) atoms. The number of aromatic nitrogens is 2. The van der Waals surface area contributed by atoms with E-state index in [1.54, 1.807) is 4.79 Å². The van der Waals surface area contributed by atoms with Crippen molar-refractivity contribution in [2.45, 2.75) is 24.3 Å². The van der Waals surface area contributed by atoms with E-state index in [4.69, 9.17) is 0 Å².